The fourth-order valence-corrected chi connectivity index (χ4v) is 4.71. The molecule has 1 heterocycles. The van der Waals surface area contributed by atoms with Crippen molar-refractivity contribution in [2.24, 2.45) is 0 Å². The van der Waals surface area contributed by atoms with Gasteiger partial charge in [-0.2, -0.15) is 0 Å². The molecule has 0 aliphatic carbocycles. The van der Waals surface area contributed by atoms with Crippen molar-refractivity contribution in [3.8, 4) is 34.5 Å². The Morgan fingerprint density at radius 1 is 0.714 bits per heavy atom. The van der Waals surface area contributed by atoms with E-state index in [2.05, 4.69) is 0 Å². The molecule has 0 radical (unpaired) electrons. The minimum Gasteiger partial charge on any atom is -0.497 e. The van der Waals surface area contributed by atoms with E-state index in [1.54, 1.807) is 41.6 Å². The topological polar surface area (TPSA) is 72.5 Å². The zero-order chi connectivity index (χ0) is 25.3. The van der Waals surface area contributed by atoms with Crippen LogP contribution in [0.15, 0.2) is 42.5 Å². The first-order valence-corrected chi connectivity index (χ1v) is 11.2. The molecular weight excluding hydrogens is 448 g/mol. The van der Waals surface area contributed by atoms with Gasteiger partial charge in [0.05, 0.1) is 41.5 Å². The Bertz CT molecular complexity index is 1260. The summed E-state index contributed by atoms with van der Waals surface area (Å²) >= 11 is 0. The summed E-state index contributed by atoms with van der Waals surface area (Å²) in [4.78, 5) is 14.2. The van der Waals surface area contributed by atoms with Crippen LogP contribution in [0.25, 0.3) is 0 Å². The minimum absolute atomic E-state index is 0.116. The molecule has 0 aromatic heterocycles. The van der Waals surface area contributed by atoms with Gasteiger partial charge in [0.15, 0.2) is 17.3 Å². The molecule has 0 unspecified atom stereocenters. The van der Waals surface area contributed by atoms with Crippen molar-refractivity contribution in [1.82, 2.24) is 0 Å². The first-order chi connectivity index (χ1) is 16.9. The van der Waals surface area contributed by atoms with Gasteiger partial charge in [0, 0.05) is 11.6 Å². The van der Waals surface area contributed by atoms with E-state index >= 15 is 0 Å². The third-order valence-electron chi connectivity index (χ3n) is 6.34. The molecular formula is C28H30O7. The Morgan fingerprint density at radius 3 is 2.03 bits per heavy atom. The fourth-order valence-electron chi connectivity index (χ4n) is 4.71. The number of rotatable bonds is 7. The lowest BCUT2D eigenvalue weighted by molar-refractivity contribution is 0.0771. The van der Waals surface area contributed by atoms with Crippen LogP contribution < -0.4 is 28.4 Å². The Morgan fingerprint density at radius 2 is 1.40 bits per heavy atom. The highest BCUT2D eigenvalue weighted by Gasteiger charge is 2.43. The van der Waals surface area contributed by atoms with Gasteiger partial charge in [-0.3, -0.25) is 4.79 Å². The largest absolute Gasteiger partial charge is 0.497 e. The lowest BCUT2D eigenvalue weighted by Crippen LogP contribution is -2.31. The average molecular weight is 479 g/mol. The normalized spacial score (nSPS) is 16.7. The van der Waals surface area contributed by atoms with Gasteiger partial charge in [-0.05, 0) is 60.9 Å². The first-order valence-electron chi connectivity index (χ1n) is 11.2. The summed E-state index contributed by atoms with van der Waals surface area (Å²) in [6, 6.07) is 12.9. The van der Waals surface area contributed by atoms with Crippen LogP contribution in [0.3, 0.4) is 0 Å². The molecule has 0 saturated heterocycles. The van der Waals surface area contributed by atoms with E-state index in [0.717, 1.165) is 22.3 Å². The number of fused-ring (bicyclic) bond motifs is 1. The van der Waals surface area contributed by atoms with Crippen molar-refractivity contribution < 1.29 is 33.2 Å². The summed E-state index contributed by atoms with van der Waals surface area (Å²) in [5.41, 5.74) is 3.69. The van der Waals surface area contributed by atoms with Crippen LogP contribution >= 0.6 is 0 Å². The molecule has 0 amide bonds. The quantitative estimate of drug-likeness (QED) is 0.447. The van der Waals surface area contributed by atoms with Crippen molar-refractivity contribution in [2.45, 2.75) is 25.9 Å². The molecule has 4 rings (SSSR count). The van der Waals surface area contributed by atoms with E-state index in [1.165, 1.54) is 0 Å². The van der Waals surface area contributed by atoms with Gasteiger partial charge in [0.2, 0.25) is 0 Å². The van der Waals surface area contributed by atoms with Crippen LogP contribution in [-0.4, -0.2) is 41.3 Å². The number of benzene rings is 3. The molecule has 0 bridgehead atoms. The molecule has 1 aliphatic heterocycles. The molecule has 0 spiro atoms. The highest BCUT2D eigenvalue weighted by Crippen LogP contribution is 2.51. The van der Waals surface area contributed by atoms with Gasteiger partial charge in [-0.25, -0.2) is 0 Å². The predicted octanol–water partition coefficient (Wildman–Crippen LogP) is 5.45. The van der Waals surface area contributed by atoms with Gasteiger partial charge in [-0.1, -0.05) is 6.07 Å². The van der Waals surface area contributed by atoms with Crippen molar-refractivity contribution >= 4 is 5.78 Å². The van der Waals surface area contributed by atoms with E-state index < -0.39 is 12.0 Å². The van der Waals surface area contributed by atoms with Gasteiger partial charge in [0.25, 0.3) is 0 Å². The van der Waals surface area contributed by atoms with Gasteiger partial charge < -0.3 is 28.4 Å². The zero-order valence-electron chi connectivity index (χ0n) is 21.1. The van der Waals surface area contributed by atoms with Crippen LogP contribution in [0.2, 0.25) is 0 Å². The number of hydrogen-bond donors (Lipinski definition) is 0. The number of methoxy groups -OCH3 is 5. The molecule has 0 fully saturated rings. The molecule has 1 aliphatic rings. The Kier molecular flexibility index (Phi) is 6.78. The SMILES string of the molecule is COc1cc(C)c([C@@H]2C(=O)c3c(OC)cc(C)cc3O[C@@H]2c2ccc(OC)c(OC)c2)c(OC)c1. The molecule has 2 atom stereocenters. The van der Waals surface area contributed by atoms with Crippen molar-refractivity contribution in [3.63, 3.8) is 0 Å². The maximum Gasteiger partial charge on any atom is 0.182 e. The molecule has 7 nitrogen and oxygen atoms in total. The maximum absolute atomic E-state index is 14.2. The van der Waals surface area contributed by atoms with Gasteiger partial charge in [-0.15, -0.1) is 0 Å². The first kappa shape index (κ1) is 24.3. The third-order valence-corrected chi connectivity index (χ3v) is 6.34. The Labute approximate surface area is 205 Å². The maximum atomic E-state index is 14.2. The molecule has 184 valence electrons. The molecule has 0 N–H and O–H groups in total. The molecule has 7 heteroatoms. The van der Waals surface area contributed by atoms with E-state index in [9.17, 15) is 4.79 Å². The number of Topliss-reactive ketones (excluding diaryl/α,β-unsaturated/α-hetero) is 1. The molecule has 3 aromatic carbocycles. The van der Waals surface area contributed by atoms with E-state index in [1.807, 2.05) is 50.2 Å². The number of aryl methyl sites for hydroxylation is 2. The fraction of sp³-hybridized carbons (Fsp3) is 0.321. The summed E-state index contributed by atoms with van der Waals surface area (Å²) in [7, 11) is 7.88. The highest BCUT2D eigenvalue weighted by atomic mass is 16.5. The van der Waals surface area contributed by atoms with E-state index in [4.69, 9.17) is 28.4 Å². The van der Waals surface area contributed by atoms with E-state index in [-0.39, 0.29) is 5.78 Å². The van der Waals surface area contributed by atoms with Crippen molar-refractivity contribution in [3.05, 3.63) is 70.3 Å². The Hall–Kier alpha value is -3.87. The third kappa shape index (κ3) is 4.22. The number of carbonyl (C=O) groups is 1. The van der Waals surface area contributed by atoms with Gasteiger partial charge in [0.1, 0.15) is 34.7 Å². The van der Waals surface area contributed by atoms with Crippen molar-refractivity contribution in [1.29, 1.82) is 0 Å². The lowest BCUT2D eigenvalue weighted by atomic mass is 9.78. The lowest BCUT2D eigenvalue weighted by Gasteiger charge is -2.35. The predicted molar refractivity (Wildman–Crippen MR) is 132 cm³/mol. The summed E-state index contributed by atoms with van der Waals surface area (Å²) in [6.45, 7) is 3.87. The van der Waals surface area contributed by atoms with Crippen LogP contribution in [-0.2, 0) is 0 Å². The summed E-state index contributed by atoms with van der Waals surface area (Å²) in [5.74, 6) is 2.45. The Balaban J connectivity index is 1.99. The summed E-state index contributed by atoms with van der Waals surface area (Å²) in [5, 5.41) is 0. The number of ketones is 1. The second-order valence-electron chi connectivity index (χ2n) is 8.40. The second kappa shape index (κ2) is 9.78. The zero-order valence-corrected chi connectivity index (χ0v) is 21.1. The summed E-state index contributed by atoms with van der Waals surface area (Å²) in [6.07, 6.45) is -0.651. The molecule has 3 aromatic rings. The van der Waals surface area contributed by atoms with E-state index in [0.29, 0.717) is 40.1 Å². The van der Waals surface area contributed by atoms with Crippen LogP contribution in [0.4, 0.5) is 0 Å². The monoisotopic (exact) mass is 478 g/mol. The van der Waals surface area contributed by atoms with Crippen LogP contribution in [0.1, 0.15) is 44.6 Å². The minimum atomic E-state index is -0.710. The number of ether oxygens (including phenoxy) is 6. The van der Waals surface area contributed by atoms with Gasteiger partial charge >= 0.3 is 0 Å². The van der Waals surface area contributed by atoms with Crippen LogP contribution in [0.5, 0.6) is 34.5 Å². The standard InChI is InChI=1S/C28H30O7/c1-15-10-21(33-6)25-23(11-15)35-28(17-8-9-19(31-4)20(13-17)32-5)26(27(25)29)24-16(2)12-18(30-3)14-22(24)34-7/h8-14,26,28H,1-7H3/t26-,28-/m1/s1. The van der Waals surface area contributed by atoms with Crippen LogP contribution in [0, 0.1) is 13.8 Å². The second-order valence-corrected chi connectivity index (χ2v) is 8.40. The van der Waals surface area contributed by atoms with Crippen molar-refractivity contribution in [2.75, 3.05) is 35.5 Å². The molecule has 35 heavy (non-hydrogen) atoms. The number of carbonyl (C=O) groups excluding carboxylic acids is 1. The molecule has 0 saturated carbocycles. The number of hydrogen-bond acceptors (Lipinski definition) is 7. The highest BCUT2D eigenvalue weighted by molar-refractivity contribution is 6.07. The summed E-state index contributed by atoms with van der Waals surface area (Å²) < 4.78 is 34.3. The average Bonchev–Trinajstić information content (AvgIpc) is 2.87. The smallest absolute Gasteiger partial charge is 0.182 e.